The summed E-state index contributed by atoms with van der Waals surface area (Å²) in [6.45, 7) is 2.35. The first-order valence-corrected chi connectivity index (χ1v) is 6.28. The average Bonchev–Trinajstić information content (AvgIpc) is 2.38. The predicted octanol–water partition coefficient (Wildman–Crippen LogP) is 0.0807. The highest BCUT2D eigenvalue weighted by Crippen LogP contribution is 2.20. The van der Waals surface area contributed by atoms with Gasteiger partial charge in [0.15, 0.2) is 6.61 Å². The van der Waals surface area contributed by atoms with Gasteiger partial charge in [0, 0.05) is 0 Å². The summed E-state index contributed by atoms with van der Waals surface area (Å²) in [5.41, 5.74) is 6.90. The molecule has 1 aromatic rings. The van der Waals surface area contributed by atoms with Gasteiger partial charge in [0.2, 0.25) is 5.91 Å². The van der Waals surface area contributed by atoms with E-state index in [0.717, 1.165) is 16.0 Å². The Morgan fingerprint density at radius 3 is 2.48 bits per heavy atom. The number of carbonyl (C=O) groups excluding carboxylic acids is 2. The number of carboxylic acids is 1. The van der Waals surface area contributed by atoms with Crippen LogP contribution in [0.5, 0.6) is 5.75 Å². The maximum Gasteiger partial charge on any atom is 0.323 e. The number of primary amides is 1. The summed E-state index contributed by atoms with van der Waals surface area (Å²) in [6, 6.07) is 5.42. The molecule has 0 aliphatic heterocycles. The van der Waals surface area contributed by atoms with E-state index >= 15 is 0 Å². The van der Waals surface area contributed by atoms with Crippen LogP contribution in [0.2, 0.25) is 0 Å². The molecule has 1 aromatic carbocycles. The van der Waals surface area contributed by atoms with E-state index in [1.807, 2.05) is 19.9 Å². The first kappa shape index (κ1) is 16.5. The number of nitrogens with zero attached hydrogens (tertiary/aromatic N) is 1. The van der Waals surface area contributed by atoms with Gasteiger partial charge < -0.3 is 20.5 Å². The fraction of sp³-hybridized carbons (Fsp3) is 0.357. The quantitative estimate of drug-likeness (QED) is 0.740. The van der Waals surface area contributed by atoms with Crippen molar-refractivity contribution >= 4 is 17.8 Å². The van der Waals surface area contributed by atoms with Crippen molar-refractivity contribution in [1.29, 1.82) is 0 Å². The third-order valence-corrected chi connectivity index (χ3v) is 2.93. The van der Waals surface area contributed by atoms with Gasteiger partial charge in [0.1, 0.15) is 18.8 Å². The number of hydrogen-bond acceptors (Lipinski definition) is 4. The minimum absolute atomic E-state index is 0.356. The number of carboxylic acid groups (broad SMARTS) is 1. The van der Waals surface area contributed by atoms with E-state index in [2.05, 4.69) is 0 Å². The van der Waals surface area contributed by atoms with Crippen molar-refractivity contribution in [1.82, 2.24) is 4.90 Å². The predicted molar refractivity (Wildman–Crippen MR) is 74.8 cm³/mol. The molecule has 7 heteroatoms. The third kappa shape index (κ3) is 5.13. The number of aryl methyl sites for hydroxylation is 1. The van der Waals surface area contributed by atoms with E-state index in [0.29, 0.717) is 5.75 Å². The highest BCUT2D eigenvalue weighted by Gasteiger charge is 2.19. The van der Waals surface area contributed by atoms with Gasteiger partial charge in [-0.05, 0) is 31.0 Å². The van der Waals surface area contributed by atoms with Crippen molar-refractivity contribution in [3.8, 4) is 5.75 Å². The number of nitrogens with two attached hydrogens (primary N) is 1. The molecule has 1 rings (SSSR count). The van der Waals surface area contributed by atoms with Crippen LogP contribution in [-0.4, -0.2) is 47.5 Å². The van der Waals surface area contributed by atoms with Crippen LogP contribution < -0.4 is 10.5 Å². The average molecular weight is 294 g/mol. The molecule has 7 nitrogen and oxygen atoms in total. The number of ether oxygens (including phenoxy) is 1. The summed E-state index contributed by atoms with van der Waals surface area (Å²) >= 11 is 0. The van der Waals surface area contributed by atoms with Gasteiger partial charge in [-0.2, -0.15) is 0 Å². The number of amides is 2. The van der Waals surface area contributed by atoms with E-state index < -0.39 is 30.9 Å². The van der Waals surface area contributed by atoms with Gasteiger partial charge >= 0.3 is 5.97 Å². The molecular weight excluding hydrogens is 276 g/mol. The zero-order valence-corrected chi connectivity index (χ0v) is 12.0. The first-order chi connectivity index (χ1) is 9.81. The van der Waals surface area contributed by atoms with Crippen LogP contribution >= 0.6 is 0 Å². The standard InChI is InChI=1S/C14H18N2O5/c1-9-4-3-5-11(10(9)2)21-8-13(18)16(6-12(15)17)7-14(19)20/h3-5H,6-8H2,1-2H3,(H2,15,17)(H,19,20). The molecule has 0 aromatic heterocycles. The fourth-order valence-electron chi connectivity index (χ4n) is 1.69. The summed E-state index contributed by atoms with van der Waals surface area (Å²) < 4.78 is 5.39. The number of benzene rings is 1. The van der Waals surface area contributed by atoms with E-state index in [1.165, 1.54) is 0 Å². The number of aliphatic carboxylic acids is 1. The van der Waals surface area contributed by atoms with Crippen molar-refractivity contribution in [2.75, 3.05) is 19.7 Å². The van der Waals surface area contributed by atoms with Crippen molar-refractivity contribution < 1.29 is 24.2 Å². The van der Waals surface area contributed by atoms with Gasteiger partial charge in [-0.25, -0.2) is 0 Å². The van der Waals surface area contributed by atoms with Gasteiger partial charge in [-0.1, -0.05) is 12.1 Å². The third-order valence-electron chi connectivity index (χ3n) is 2.93. The monoisotopic (exact) mass is 294 g/mol. The molecule has 0 spiro atoms. The topological polar surface area (TPSA) is 110 Å². The molecule has 0 aliphatic rings. The minimum Gasteiger partial charge on any atom is -0.483 e. The van der Waals surface area contributed by atoms with Gasteiger partial charge in [0.05, 0.1) is 0 Å². The molecule has 0 heterocycles. The summed E-state index contributed by atoms with van der Waals surface area (Å²) in [5, 5.41) is 8.72. The molecule has 0 saturated heterocycles. The summed E-state index contributed by atoms with van der Waals surface area (Å²) in [4.78, 5) is 34.3. The lowest BCUT2D eigenvalue weighted by Crippen LogP contribution is -2.43. The summed E-state index contributed by atoms with van der Waals surface area (Å²) in [5.74, 6) is -2.08. The van der Waals surface area contributed by atoms with Crippen molar-refractivity contribution in [2.45, 2.75) is 13.8 Å². The van der Waals surface area contributed by atoms with Crippen LogP contribution in [0.15, 0.2) is 18.2 Å². The molecule has 0 atom stereocenters. The minimum atomic E-state index is -1.23. The molecule has 0 aliphatic carbocycles. The van der Waals surface area contributed by atoms with Crippen LogP contribution in [0.25, 0.3) is 0 Å². The molecule has 114 valence electrons. The van der Waals surface area contributed by atoms with Crippen LogP contribution in [0.4, 0.5) is 0 Å². The maximum absolute atomic E-state index is 11.9. The Balaban J connectivity index is 2.70. The second-order valence-electron chi connectivity index (χ2n) is 4.60. The number of carbonyl (C=O) groups is 3. The highest BCUT2D eigenvalue weighted by molar-refractivity contribution is 5.87. The molecule has 0 saturated carbocycles. The Morgan fingerprint density at radius 1 is 1.24 bits per heavy atom. The van der Waals surface area contributed by atoms with Gasteiger partial charge in [0.25, 0.3) is 5.91 Å². The lowest BCUT2D eigenvalue weighted by molar-refractivity contribution is -0.146. The first-order valence-electron chi connectivity index (χ1n) is 6.28. The highest BCUT2D eigenvalue weighted by atomic mass is 16.5. The van der Waals surface area contributed by atoms with E-state index in [-0.39, 0.29) is 6.61 Å². The molecule has 2 amide bonds. The van der Waals surface area contributed by atoms with Gasteiger partial charge in [-0.3, -0.25) is 14.4 Å². The Morgan fingerprint density at radius 2 is 1.90 bits per heavy atom. The normalized spacial score (nSPS) is 10.0. The largest absolute Gasteiger partial charge is 0.483 e. The zero-order valence-electron chi connectivity index (χ0n) is 12.0. The lowest BCUT2D eigenvalue weighted by atomic mass is 10.1. The number of rotatable bonds is 7. The second-order valence-corrected chi connectivity index (χ2v) is 4.60. The lowest BCUT2D eigenvalue weighted by Gasteiger charge is -2.19. The molecule has 3 N–H and O–H groups in total. The molecule has 0 radical (unpaired) electrons. The van der Waals surface area contributed by atoms with Crippen molar-refractivity contribution in [2.24, 2.45) is 5.73 Å². The molecular formula is C14H18N2O5. The van der Waals surface area contributed by atoms with Crippen LogP contribution in [0, 0.1) is 13.8 Å². The molecule has 0 unspecified atom stereocenters. The Kier molecular flexibility index (Phi) is 5.71. The van der Waals surface area contributed by atoms with E-state index in [9.17, 15) is 14.4 Å². The molecule has 21 heavy (non-hydrogen) atoms. The second kappa shape index (κ2) is 7.28. The zero-order chi connectivity index (χ0) is 16.0. The van der Waals surface area contributed by atoms with Crippen LogP contribution in [0.3, 0.4) is 0 Å². The van der Waals surface area contributed by atoms with Crippen LogP contribution in [-0.2, 0) is 14.4 Å². The maximum atomic E-state index is 11.9. The Labute approximate surface area is 122 Å². The smallest absolute Gasteiger partial charge is 0.323 e. The molecule has 0 fully saturated rings. The van der Waals surface area contributed by atoms with E-state index in [1.54, 1.807) is 12.1 Å². The van der Waals surface area contributed by atoms with Crippen molar-refractivity contribution in [3.63, 3.8) is 0 Å². The SMILES string of the molecule is Cc1cccc(OCC(=O)N(CC(N)=O)CC(=O)O)c1C. The number of hydrogen-bond donors (Lipinski definition) is 2. The van der Waals surface area contributed by atoms with E-state index in [4.69, 9.17) is 15.6 Å². The van der Waals surface area contributed by atoms with Gasteiger partial charge in [-0.15, -0.1) is 0 Å². The fourth-order valence-corrected chi connectivity index (χ4v) is 1.69. The summed E-state index contributed by atoms with van der Waals surface area (Å²) in [7, 11) is 0. The Bertz CT molecular complexity index is 540. The Hall–Kier alpha value is -2.57. The summed E-state index contributed by atoms with van der Waals surface area (Å²) in [6.07, 6.45) is 0. The molecule has 0 bridgehead atoms. The van der Waals surface area contributed by atoms with Crippen molar-refractivity contribution in [3.05, 3.63) is 29.3 Å². The van der Waals surface area contributed by atoms with Crippen LogP contribution in [0.1, 0.15) is 11.1 Å².